The second kappa shape index (κ2) is 9.78. The largest absolute Gasteiger partial charge is 0.492 e. The van der Waals surface area contributed by atoms with Crippen LogP contribution in [-0.2, 0) is 10.4 Å². The molecule has 1 aliphatic carbocycles. The first kappa shape index (κ1) is 25.1. The average Bonchev–Trinajstić information content (AvgIpc) is 3.07. The molecule has 1 atom stereocenters. The SMILES string of the molecule is C=NC=N/C=C(\C)c1cc(OCCN(C)C(=O)CO)cc2c1-c1ccccc1C2(O)C(F)(F)F. The summed E-state index contributed by atoms with van der Waals surface area (Å²) in [6.45, 7) is 4.35. The molecule has 1 amide bonds. The van der Waals surface area contributed by atoms with Gasteiger partial charge in [-0.05, 0) is 48.0 Å². The Kier molecular flexibility index (Phi) is 7.23. The molecular formula is C24H24F3N3O4. The first-order valence-corrected chi connectivity index (χ1v) is 10.3. The lowest BCUT2D eigenvalue weighted by Crippen LogP contribution is -2.41. The van der Waals surface area contributed by atoms with Gasteiger partial charge >= 0.3 is 6.18 Å². The number of allylic oxidation sites excluding steroid dienone is 1. The normalized spacial score (nSPS) is 17.4. The number of carbonyl (C=O) groups is 1. The quantitative estimate of drug-likeness (QED) is 0.452. The van der Waals surface area contributed by atoms with Gasteiger partial charge in [0, 0.05) is 24.4 Å². The summed E-state index contributed by atoms with van der Waals surface area (Å²) in [5.41, 5.74) is -2.48. The van der Waals surface area contributed by atoms with Crippen molar-refractivity contribution in [3.05, 3.63) is 59.3 Å². The molecule has 2 aromatic carbocycles. The van der Waals surface area contributed by atoms with Crippen LogP contribution in [0.2, 0.25) is 0 Å². The maximum Gasteiger partial charge on any atom is 0.425 e. The number of likely N-dealkylation sites (N-methyl/N-ethyl adjacent to an activating group) is 1. The molecule has 0 saturated heterocycles. The lowest BCUT2D eigenvalue weighted by Gasteiger charge is -2.29. The summed E-state index contributed by atoms with van der Waals surface area (Å²) in [4.78, 5) is 20.2. The van der Waals surface area contributed by atoms with E-state index in [-0.39, 0.29) is 41.2 Å². The highest BCUT2D eigenvalue weighted by atomic mass is 19.4. The number of halogens is 3. The van der Waals surface area contributed by atoms with Crippen molar-refractivity contribution < 1.29 is 32.9 Å². The second-order valence-electron chi connectivity index (χ2n) is 7.73. The molecule has 0 saturated carbocycles. The van der Waals surface area contributed by atoms with Crippen molar-refractivity contribution in [2.45, 2.75) is 18.7 Å². The minimum absolute atomic E-state index is 0.0425. The van der Waals surface area contributed by atoms with E-state index in [0.717, 1.165) is 0 Å². The zero-order valence-electron chi connectivity index (χ0n) is 18.6. The standard InChI is InChI=1S/C24H24F3N3O4/c1-15(12-29-14-28-2)18-10-16(34-9-8-30(3)21(32)13-31)11-20-22(18)17-6-4-5-7-19(17)23(20,33)24(25,26)27/h4-7,10-12,14,31,33H,2,8-9,13H2,1,3H3/b15-12+,29-14?. The van der Waals surface area contributed by atoms with Crippen LogP contribution in [0.15, 0.2) is 52.6 Å². The van der Waals surface area contributed by atoms with Crippen LogP contribution in [0.4, 0.5) is 13.2 Å². The van der Waals surface area contributed by atoms with Crippen LogP contribution in [0.25, 0.3) is 16.7 Å². The Morgan fingerprint density at radius 1 is 1.26 bits per heavy atom. The highest BCUT2D eigenvalue weighted by molar-refractivity contribution is 5.91. The van der Waals surface area contributed by atoms with Gasteiger partial charge in [0.2, 0.25) is 11.5 Å². The van der Waals surface area contributed by atoms with Crippen molar-refractivity contribution in [1.29, 1.82) is 0 Å². The number of benzene rings is 2. The van der Waals surface area contributed by atoms with Crippen LogP contribution >= 0.6 is 0 Å². The number of carbonyl (C=O) groups excluding carboxylic acids is 1. The molecule has 34 heavy (non-hydrogen) atoms. The Morgan fingerprint density at radius 3 is 2.62 bits per heavy atom. The number of amides is 1. The summed E-state index contributed by atoms with van der Waals surface area (Å²) in [5, 5.41) is 20.0. The first-order chi connectivity index (χ1) is 16.1. The van der Waals surface area contributed by atoms with E-state index in [2.05, 4.69) is 16.7 Å². The smallest absolute Gasteiger partial charge is 0.425 e. The molecule has 7 nitrogen and oxygen atoms in total. The van der Waals surface area contributed by atoms with Crippen molar-refractivity contribution in [3.8, 4) is 16.9 Å². The number of ether oxygens (including phenoxy) is 1. The molecule has 0 spiro atoms. The van der Waals surface area contributed by atoms with Crippen molar-refractivity contribution >= 4 is 24.5 Å². The van der Waals surface area contributed by atoms with E-state index in [1.54, 1.807) is 19.1 Å². The number of hydrogen-bond donors (Lipinski definition) is 2. The molecule has 0 bridgehead atoms. The fraction of sp³-hybridized carbons (Fsp3) is 0.292. The first-order valence-electron chi connectivity index (χ1n) is 10.3. The Labute approximate surface area is 194 Å². The summed E-state index contributed by atoms with van der Waals surface area (Å²) < 4.78 is 48.5. The van der Waals surface area contributed by atoms with Crippen LogP contribution in [0.1, 0.15) is 23.6 Å². The molecule has 180 valence electrons. The molecule has 10 heteroatoms. The molecule has 1 unspecified atom stereocenters. The molecule has 2 N–H and O–H groups in total. The number of aliphatic hydroxyl groups is 2. The minimum atomic E-state index is -5.00. The van der Waals surface area contributed by atoms with Crippen LogP contribution in [0, 0.1) is 0 Å². The van der Waals surface area contributed by atoms with Crippen molar-refractivity contribution in [1.82, 2.24) is 4.90 Å². The van der Waals surface area contributed by atoms with Gasteiger partial charge in [-0.3, -0.25) is 9.79 Å². The average molecular weight is 475 g/mol. The van der Waals surface area contributed by atoms with Crippen molar-refractivity contribution in [2.24, 2.45) is 9.98 Å². The third-order valence-corrected chi connectivity index (χ3v) is 5.60. The summed E-state index contributed by atoms with van der Waals surface area (Å²) in [6.07, 6.45) is -2.38. The number of aliphatic hydroxyl groups excluding tert-OH is 1. The molecule has 0 aliphatic heterocycles. The van der Waals surface area contributed by atoms with E-state index >= 15 is 0 Å². The zero-order valence-corrected chi connectivity index (χ0v) is 18.6. The number of aliphatic imine (C=N–C) groups is 2. The third kappa shape index (κ3) is 4.46. The number of hydrogen-bond acceptors (Lipinski definition) is 5. The van der Waals surface area contributed by atoms with Gasteiger partial charge in [0.25, 0.3) is 0 Å². The van der Waals surface area contributed by atoms with Gasteiger partial charge in [0.15, 0.2) is 0 Å². The van der Waals surface area contributed by atoms with E-state index in [1.807, 2.05) is 0 Å². The van der Waals surface area contributed by atoms with Gasteiger partial charge in [0.1, 0.15) is 25.3 Å². The molecule has 2 aromatic rings. The molecular weight excluding hydrogens is 451 g/mol. The Morgan fingerprint density at radius 2 is 1.97 bits per heavy atom. The topological polar surface area (TPSA) is 94.7 Å². The second-order valence-corrected chi connectivity index (χ2v) is 7.73. The van der Waals surface area contributed by atoms with Crippen molar-refractivity contribution in [3.63, 3.8) is 0 Å². The van der Waals surface area contributed by atoms with Gasteiger partial charge < -0.3 is 19.8 Å². The van der Waals surface area contributed by atoms with Gasteiger partial charge in [-0.15, -0.1) is 0 Å². The van der Waals surface area contributed by atoms with Gasteiger partial charge in [0.05, 0.1) is 6.54 Å². The lowest BCUT2D eigenvalue weighted by atomic mass is 9.89. The van der Waals surface area contributed by atoms with E-state index in [0.29, 0.717) is 11.1 Å². The highest BCUT2D eigenvalue weighted by Crippen LogP contribution is 2.57. The minimum Gasteiger partial charge on any atom is -0.492 e. The number of nitrogens with zero attached hydrogens (tertiary/aromatic N) is 3. The predicted octanol–water partition coefficient (Wildman–Crippen LogP) is 3.38. The molecule has 1 aliphatic rings. The maximum atomic E-state index is 14.3. The van der Waals surface area contributed by atoms with Crippen LogP contribution in [0.5, 0.6) is 5.75 Å². The van der Waals surface area contributed by atoms with Gasteiger partial charge in [-0.25, -0.2) is 4.99 Å². The van der Waals surface area contributed by atoms with E-state index in [1.165, 1.54) is 48.8 Å². The fourth-order valence-corrected chi connectivity index (χ4v) is 3.86. The number of fused-ring (bicyclic) bond motifs is 3. The maximum absolute atomic E-state index is 14.3. The third-order valence-electron chi connectivity index (χ3n) is 5.60. The summed E-state index contributed by atoms with van der Waals surface area (Å²) in [5.74, 6) is -0.444. The molecule has 0 aromatic heterocycles. The van der Waals surface area contributed by atoms with Crippen LogP contribution in [-0.4, -0.2) is 67.1 Å². The van der Waals surface area contributed by atoms with Gasteiger partial charge in [-0.2, -0.15) is 13.2 Å². The summed E-state index contributed by atoms with van der Waals surface area (Å²) in [6, 6.07) is 8.55. The molecule has 3 rings (SSSR count). The molecule has 0 fully saturated rings. The Bertz CT molecular complexity index is 1160. The van der Waals surface area contributed by atoms with Gasteiger partial charge in [-0.1, -0.05) is 24.3 Å². The summed E-state index contributed by atoms with van der Waals surface area (Å²) >= 11 is 0. The van der Waals surface area contributed by atoms with Crippen molar-refractivity contribution in [2.75, 3.05) is 26.8 Å². The Hall–Kier alpha value is -3.50. The zero-order chi connectivity index (χ0) is 25.1. The number of rotatable bonds is 8. The fourth-order valence-electron chi connectivity index (χ4n) is 3.86. The molecule has 0 heterocycles. The highest BCUT2D eigenvalue weighted by Gasteiger charge is 2.61. The monoisotopic (exact) mass is 475 g/mol. The van der Waals surface area contributed by atoms with E-state index in [4.69, 9.17) is 9.84 Å². The Balaban J connectivity index is 2.16. The van der Waals surface area contributed by atoms with Crippen LogP contribution in [0.3, 0.4) is 0 Å². The lowest BCUT2D eigenvalue weighted by molar-refractivity contribution is -0.246. The summed E-state index contributed by atoms with van der Waals surface area (Å²) in [7, 11) is 1.47. The van der Waals surface area contributed by atoms with E-state index < -0.39 is 24.3 Å². The predicted molar refractivity (Wildman–Crippen MR) is 123 cm³/mol. The number of alkyl halides is 3. The van der Waals surface area contributed by atoms with E-state index in [9.17, 15) is 23.1 Å². The van der Waals surface area contributed by atoms with Crippen LogP contribution < -0.4 is 4.74 Å². The molecule has 0 radical (unpaired) electrons.